The monoisotopic (exact) mass is 184 g/mol. The molecule has 0 aromatic heterocycles. The van der Waals surface area contributed by atoms with Gasteiger partial charge in [0.05, 0.1) is 0 Å². The summed E-state index contributed by atoms with van der Waals surface area (Å²) in [6.07, 6.45) is 4.18. The van der Waals surface area contributed by atoms with Gasteiger partial charge in [-0.15, -0.1) is 0 Å². The second-order valence-corrected chi connectivity index (χ2v) is 4.62. The number of hydrogen-bond acceptors (Lipinski definition) is 2. The first-order chi connectivity index (χ1) is 6.15. The van der Waals surface area contributed by atoms with Crippen molar-refractivity contribution in [2.75, 3.05) is 20.6 Å². The van der Waals surface area contributed by atoms with E-state index in [2.05, 4.69) is 38.2 Å². The number of nitrogens with one attached hydrogen (secondary N) is 1. The molecule has 2 atom stereocenters. The fourth-order valence-corrected chi connectivity index (χ4v) is 2.22. The predicted octanol–water partition coefficient (Wildman–Crippen LogP) is 1.71. The average Bonchev–Trinajstić information content (AvgIpc) is 2.51. The smallest absolute Gasteiger partial charge is 0.0104 e. The third-order valence-corrected chi connectivity index (χ3v) is 3.43. The third-order valence-electron chi connectivity index (χ3n) is 3.43. The fraction of sp³-hybridized carbons (Fsp3) is 1.00. The molecule has 0 radical (unpaired) electrons. The van der Waals surface area contributed by atoms with Crippen molar-refractivity contribution < 1.29 is 0 Å². The van der Waals surface area contributed by atoms with E-state index in [0.717, 1.165) is 12.0 Å². The average molecular weight is 184 g/mol. The Hall–Kier alpha value is -0.0800. The van der Waals surface area contributed by atoms with Crippen molar-refractivity contribution in [2.45, 2.75) is 45.2 Å². The van der Waals surface area contributed by atoms with E-state index in [0.29, 0.717) is 6.04 Å². The highest BCUT2D eigenvalue weighted by Crippen LogP contribution is 2.26. The van der Waals surface area contributed by atoms with E-state index >= 15 is 0 Å². The summed E-state index contributed by atoms with van der Waals surface area (Å²) in [7, 11) is 4.33. The van der Waals surface area contributed by atoms with Crippen LogP contribution in [0.25, 0.3) is 0 Å². The molecule has 1 aliphatic rings. The second kappa shape index (κ2) is 4.97. The van der Waals surface area contributed by atoms with Crippen LogP contribution in [0, 0.1) is 5.92 Å². The van der Waals surface area contributed by atoms with Crippen LogP contribution in [-0.2, 0) is 0 Å². The highest BCUT2D eigenvalue weighted by Gasteiger charge is 2.26. The first-order valence-electron chi connectivity index (χ1n) is 5.52. The lowest BCUT2D eigenvalue weighted by Crippen LogP contribution is -2.38. The van der Waals surface area contributed by atoms with Crippen LogP contribution < -0.4 is 5.32 Å². The molecule has 1 aliphatic carbocycles. The van der Waals surface area contributed by atoms with E-state index in [4.69, 9.17) is 0 Å². The maximum atomic E-state index is 3.43. The Morgan fingerprint density at radius 1 is 1.38 bits per heavy atom. The Bertz CT molecular complexity index is 145. The van der Waals surface area contributed by atoms with Crippen molar-refractivity contribution in [3.8, 4) is 0 Å². The molecule has 0 aromatic carbocycles. The molecule has 0 heterocycles. The molecule has 0 saturated heterocycles. The normalized spacial score (nSPS) is 29.1. The van der Waals surface area contributed by atoms with Crippen molar-refractivity contribution in [1.82, 2.24) is 10.2 Å². The topological polar surface area (TPSA) is 15.3 Å². The minimum atomic E-state index is 0.679. The van der Waals surface area contributed by atoms with Gasteiger partial charge >= 0.3 is 0 Å². The van der Waals surface area contributed by atoms with Crippen LogP contribution in [0.5, 0.6) is 0 Å². The van der Waals surface area contributed by atoms with Crippen molar-refractivity contribution in [3.05, 3.63) is 0 Å². The molecular weight excluding hydrogens is 160 g/mol. The number of nitrogens with zero attached hydrogens (tertiary/aromatic N) is 1. The highest BCUT2D eigenvalue weighted by molar-refractivity contribution is 4.84. The van der Waals surface area contributed by atoms with Gasteiger partial charge in [-0.1, -0.05) is 6.42 Å². The van der Waals surface area contributed by atoms with Gasteiger partial charge in [0, 0.05) is 18.6 Å². The van der Waals surface area contributed by atoms with E-state index in [9.17, 15) is 0 Å². The molecule has 0 aliphatic heterocycles. The molecule has 78 valence electrons. The minimum Gasteiger partial charge on any atom is -0.317 e. The fourth-order valence-electron chi connectivity index (χ4n) is 2.22. The zero-order valence-corrected chi connectivity index (χ0v) is 9.51. The van der Waals surface area contributed by atoms with Crippen LogP contribution in [0.1, 0.15) is 33.1 Å². The maximum Gasteiger partial charge on any atom is 0.0104 e. The molecule has 1 rings (SSSR count). The molecular formula is C11H24N2. The lowest BCUT2D eigenvalue weighted by molar-refractivity contribution is 0.215. The SMILES string of the molecule is CNC1CCCC1CN(C)C(C)C. The lowest BCUT2D eigenvalue weighted by atomic mass is 10.0. The van der Waals surface area contributed by atoms with Gasteiger partial charge in [0.15, 0.2) is 0 Å². The van der Waals surface area contributed by atoms with Gasteiger partial charge in [0.2, 0.25) is 0 Å². The Labute approximate surface area is 82.7 Å². The Balaban J connectivity index is 2.34. The van der Waals surface area contributed by atoms with E-state index in [1.165, 1.54) is 25.8 Å². The molecule has 0 bridgehead atoms. The van der Waals surface area contributed by atoms with Gasteiger partial charge in [-0.2, -0.15) is 0 Å². The van der Waals surface area contributed by atoms with Gasteiger partial charge in [-0.3, -0.25) is 0 Å². The van der Waals surface area contributed by atoms with Crippen LogP contribution >= 0.6 is 0 Å². The van der Waals surface area contributed by atoms with E-state index < -0.39 is 0 Å². The van der Waals surface area contributed by atoms with Gasteiger partial charge in [-0.25, -0.2) is 0 Å². The molecule has 0 aromatic rings. The van der Waals surface area contributed by atoms with Gasteiger partial charge in [-0.05, 0) is 46.7 Å². The van der Waals surface area contributed by atoms with Crippen molar-refractivity contribution in [1.29, 1.82) is 0 Å². The van der Waals surface area contributed by atoms with E-state index in [-0.39, 0.29) is 0 Å². The van der Waals surface area contributed by atoms with Gasteiger partial charge < -0.3 is 10.2 Å². The van der Waals surface area contributed by atoms with Gasteiger partial charge in [0.1, 0.15) is 0 Å². The summed E-state index contributed by atoms with van der Waals surface area (Å²) >= 11 is 0. The molecule has 1 saturated carbocycles. The highest BCUT2D eigenvalue weighted by atomic mass is 15.1. The quantitative estimate of drug-likeness (QED) is 0.715. The Morgan fingerprint density at radius 2 is 2.08 bits per heavy atom. The van der Waals surface area contributed by atoms with Crippen molar-refractivity contribution in [3.63, 3.8) is 0 Å². The maximum absolute atomic E-state index is 3.43. The Morgan fingerprint density at radius 3 is 2.62 bits per heavy atom. The summed E-state index contributed by atoms with van der Waals surface area (Å²) in [6, 6.07) is 1.44. The summed E-state index contributed by atoms with van der Waals surface area (Å²) in [4.78, 5) is 2.46. The number of hydrogen-bond donors (Lipinski definition) is 1. The van der Waals surface area contributed by atoms with Crippen LogP contribution in [0.3, 0.4) is 0 Å². The zero-order valence-electron chi connectivity index (χ0n) is 9.51. The summed E-state index contributed by atoms with van der Waals surface area (Å²) in [6.45, 7) is 5.79. The molecule has 1 fully saturated rings. The van der Waals surface area contributed by atoms with Crippen LogP contribution in [0.2, 0.25) is 0 Å². The molecule has 0 amide bonds. The summed E-state index contributed by atoms with van der Waals surface area (Å²) < 4.78 is 0. The van der Waals surface area contributed by atoms with Crippen molar-refractivity contribution in [2.24, 2.45) is 5.92 Å². The molecule has 0 spiro atoms. The van der Waals surface area contributed by atoms with E-state index in [1.54, 1.807) is 0 Å². The minimum absolute atomic E-state index is 0.679. The molecule has 2 heteroatoms. The van der Waals surface area contributed by atoms with Crippen LogP contribution in [-0.4, -0.2) is 37.6 Å². The predicted molar refractivity (Wildman–Crippen MR) is 58.0 cm³/mol. The molecule has 1 N–H and O–H groups in total. The molecule has 2 unspecified atom stereocenters. The summed E-state index contributed by atoms with van der Waals surface area (Å²) in [5, 5.41) is 3.43. The zero-order chi connectivity index (χ0) is 9.84. The first kappa shape index (κ1) is 11.0. The molecule has 2 nitrogen and oxygen atoms in total. The standard InChI is InChI=1S/C11H24N2/c1-9(2)13(4)8-10-6-5-7-11(10)12-3/h9-12H,5-8H2,1-4H3. The second-order valence-electron chi connectivity index (χ2n) is 4.62. The third kappa shape index (κ3) is 2.96. The summed E-state index contributed by atoms with van der Waals surface area (Å²) in [5.74, 6) is 0.873. The van der Waals surface area contributed by atoms with E-state index in [1.807, 2.05) is 0 Å². The first-order valence-corrected chi connectivity index (χ1v) is 5.52. The lowest BCUT2D eigenvalue weighted by Gasteiger charge is -2.27. The largest absolute Gasteiger partial charge is 0.317 e. The molecule has 13 heavy (non-hydrogen) atoms. The van der Waals surface area contributed by atoms with Crippen LogP contribution in [0.4, 0.5) is 0 Å². The summed E-state index contributed by atoms with van der Waals surface area (Å²) in [5.41, 5.74) is 0. The number of rotatable bonds is 4. The van der Waals surface area contributed by atoms with Crippen LogP contribution in [0.15, 0.2) is 0 Å². The van der Waals surface area contributed by atoms with Crippen molar-refractivity contribution >= 4 is 0 Å². The Kier molecular flexibility index (Phi) is 4.20. The van der Waals surface area contributed by atoms with Gasteiger partial charge in [0.25, 0.3) is 0 Å².